The van der Waals surface area contributed by atoms with E-state index in [2.05, 4.69) is 0 Å². The molecule has 2 aliphatic heterocycles. The minimum Gasteiger partial charge on any atom is -0.508 e. The van der Waals surface area contributed by atoms with Gasteiger partial charge >= 0.3 is 12.4 Å². The Labute approximate surface area is 346 Å². The van der Waals surface area contributed by atoms with Crippen LogP contribution < -0.4 is 9.80 Å². The Bertz CT molecular complexity index is 2740. The number of aromatic hydroxyl groups is 1. The number of rotatable bonds is 4. The number of carbonyl (C=O) groups is 4. The van der Waals surface area contributed by atoms with Crippen molar-refractivity contribution in [3.05, 3.63) is 105 Å². The van der Waals surface area contributed by atoms with Crippen molar-refractivity contribution in [2.75, 3.05) is 9.80 Å². The van der Waals surface area contributed by atoms with Crippen molar-refractivity contribution in [3.8, 4) is 16.3 Å². The zero-order valence-corrected chi connectivity index (χ0v) is 33.6. The van der Waals surface area contributed by atoms with Gasteiger partial charge in [0.15, 0.2) is 0 Å². The third-order valence-corrected chi connectivity index (χ3v) is 14.4. The molecule has 5 aromatic rings. The Morgan fingerprint density at radius 1 is 0.850 bits per heavy atom. The van der Waals surface area contributed by atoms with Crippen molar-refractivity contribution in [2.24, 2.45) is 36.1 Å². The fourth-order valence-electron chi connectivity index (χ4n) is 10.0. The SMILES string of the molecule is Cc1cc(C2C3=CCC4C(=O)N(c5cc(C(F)(F)F)cc(C(F)(F)F)c5)C(=O)C4C3CC3C(=O)N(c4cc(-c5sc6ccc(Cl)cc6c5C)nn4C)C(=O)C32C)ccc1O. The zero-order chi connectivity index (χ0) is 43.1. The molecule has 9 nitrogen and oxygen atoms in total. The smallest absolute Gasteiger partial charge is 0.416 e. The minimum absolute atomic E-state index is 0.0336. The van der Waals surface area contributed by atoms with E-state index in [-0.39, 0.29) is 30.5 Å². The van der Waals surface area contributed by atoms with Gasteiger partial charge in [-0.3, -0.25) is 23.9 Å². The van der Waals surface area contributed by atoms with E-state index in [1.165, 1.54) is 22.1 Å². The molecule has 2 aliphatic carbocycles. The number of imide groups is 2. The lowest BCUT2D eigenvalue weighted by molar-refractivity contribution is -0.143. The summed E-state index contributed by atoms with van der Waals surface area (Å²) in [6.07, 6.45) is -8.97. The fraction of sp³-hybridized carbons (Fsp3) is 0.326. The maximum absolute atomic E-state index is 15.1. The average Bonchev–Trinajstić information content (AvgIpc) is 3.85. The number of benzene rings is 3. The second kappa shape index (κ2) is 13.3. The van der Waals surface area contributed by atoms with Gasteiger partial charge in [0.25, 0.3) is 0 Å². The summed E-state index contributed by atoms with van der Waals surface area (Å²) in [6.45, 7) is 5.24. The van der Waals surface area contributed by atoms with Gasteiger partial charge in [0.1, 0.15) is 17.3 Å². The van der Waals surface area contributed by atoms with Gasteiger partial charge in [-0.2, -0.15) is 31.4 Å². The molecule has 6 unspecified atom stereocenters. The molecule has 3 aromatic carbocycles. The summed E-state index contributed by atoms with van der Waals surface area (Å²) in [5, 5.41) is 16.7. The van der Waals surface area contributed by atoms with Gasteiger partial charge in [0, 0.05) is 28.8 Å². The topological polar surface area (TPSA) is 113 Å². The van der Waals surface area contributed by atoms with Crippen molar-refractivity contribution >= 4 is 68.2 Å². The van der Waals surface area contributed by atoms with E-state index < -0.39 is 87.8 Å². The fourth-order valence-corrected chi connectivity index (χ4v) is 11.3. The van der Waals surface area contributed by atoms with Crippen LogP contribution in [0.5, 0.6) is 5.75 Å². The number of halogens is 7. The number of allylic oxidation sites excluding steroid dienone is 2. The first-order valence-electron chi connectivity index (χ1n) is 18.9. The van der Waals surface area contributed by atoms with Gasteiger partial charge in [-0.1, -0.05) is 35.4 Å². The summed E-state index contributed by atoms with van der Waals surface area (Å²) in [5.41, 5.74) is -2.78. The number of amides is 4. The predicted octanol–water partition coefficient (Wildman–Crippen LogP) is 9.75. The van der Waals surface area contributed by atoms with Gasteiger partial charge in [-0.15, -0.1) is 11.3 Å². The first-order chi connectivity index (χ1) is 28.1. The molecule has 0 spiro atoms. The highest BCUT2D eigenvalue weighted by molar-refractivity contribution is 7.22. The minimum atomic E-state index is -5.23. The lowest BCUT2D eigenvalue weighted by Crippen LogP contribution is -2.49. The van der Waals surface area contributed by atoms with Crippen LogP contribution in [0.3, 0.4) is 0 Å². The number of nitrogens with zero attached hydrogens (tertiary/aromatic N) is 4. The van der Waals surface area contributed by atoms with Crippen LogP contribution >= 0.6 is 22.9 Å². The van der Waals surface area contributed by atoms with E-state index in [0.717, 1.165) is 25.4 Å². The molecule has 2 saturated heterocycles. The summed E-state index contributed by atoms with van der Waals surface area (Å²) >= 11 is 7.75. The van der Waals surface area contributed by atoms with Crippen LogP contribution in [0.25, 0.3) is 20.7 Å². The van der Waals surface area contributed by atoms with Gasteiger partial charge < -0.3 is 5.11 Å². The van der Waals surface area contributed by atoms with E-state index in [0.29, 0.717) is 44.4 Å². The number of alkyl halides is 6. The molecule has 0 radical (unpaired) electrons. The number of anilines is 2. The molecule has 60 heavy (non-hydrogen) atoms. The Hall–Kier alpha value is -5.48. The highest BCUT2D eigenvalue weighted by Gasteiger charge is 2.68. The Morgan fingerprint density at radius 2 is 1.53 bits per heavy atom. The lowest BCUT2D eigenvalue weighted by Gasteiger charge is -2.49. The molecule has 3 fully saturated rings. The molecule has 9 rings (SSSR count). The molecule has 4 aliphatic rings. The quantitative estimate of drug-likeness (QED) is 0.109. The van der Waals surface area contributed by atoms with E-state index in [4.69, 9.17) is 16.7 Å². The number of aryl methyl sites for hydroxylation is 3. The Balaban J connectivity index is 1.15. The highest BCUT2D eigenvalue weighted by atomic mass is 35.5. The molecular formula is C43H33ClF6N4O5S. The van der Waals surface area contributed by atoms with Crippen LogP contribution in [0.2, 0.25) is 5.02 Å². The Morgan fingerprint density at radius 3 is 2.18 bits per heavy atom. The third-order valence-electron chi connectivity index (χ3n) is 12.9. The summed E-state index contributed by atoms with van der Waals surface area (Å²) in [7, 11) is 1.60. The van der Waals surface area contributed by atoms with E-state index in [1.54, 1.807) is 51.2 Å². The number of hydrogen-bond acceptors (Lipinski definition) is 7. The number of fused-ring (bicyclic) bond motifs is 5. The molecule has 4 heterocycles. The summed E-state index contributed by atoms with van der Waals surface area (Å²) < 4.78 is 85.9. The molecule has 2 aromatic heterocycles. The van der Waals surface area contributed by atoms with Gasteiger partial charge in [0.05, 0.1) is 44.9 Å². The van der Waals surface area contributed by atoms with Crippen molar-refractivity contribution in [1.29, 1.82) is 0 Å². The number of aromatic nitrogens is 2. The van der Waals surface area contributed by atoms with Gasteiger partial charge in [0.2, 0.25) is 23.6 Å². The summed E-state index contributed by atoms with van der Waals surface area (Å²) in [4.78, 5) is 60.7. The number of thiophene rings is 1. The molecule has 1 N–H and O–H groups in total. The molecule has 4 amide bonds. The van der Waals surface area contributed by atoms with Crippen LogP contribution in [0.1, 0.15) is 53.5 Å². The van der Waals surface area contributed by atoms with Crippen molar-refractivity contribution in [2.45, 2.75) is 51.9 Å². The van der Waals surface area contributed by atoms with Crippen molar-refractivity contribution in [3.63, 3.8) is 0 Å². The van der Waals surface area contributed by atoms with Crippen LogP contribution in [0.15, 0.2) is 72.3 Å². The first-order valence-corrected chi connectivity index (χ1v) is 20.1. The van der Waals surface area contributed by atoms with Crippen molar-refractivity contribution < 1.29 is 50.6 Å². The molecule has 17 heteroatoms. The third kappa shape index (κ3) is 5.76. The number of hydrogen-bond donors (Lipinski definition) is 1. The number of carbonyl (C=O) groups excluding carboxylic acids is 4. The van der Waals surface area contributed by atoms with E-state index >= 15 is 4.79 Å². The maximum atomic E-state index is 15.1. The highest BCUT2D eigenvalue weighted by Crippen LogP contribution is 2.64. The van der Waals surface area contributed by atoms with Crippen LogP contribution in [0.4, 0.5) is 37.8 Å². The van der Waals surface area contributed by atoms with Crippen LogP contribution in [-0.4, -0.2) is 38.5 Å². The zero-order valence-electron chi connectivity index (χ0n) is 32.1. The molecule has 1 saturated carbocycles. The Kier molecular flexibility index (Phi) is 8.83. The normalized spacial score (nSPS) is 25.6. The largest absolute Gasteiger partial charge is 0.508 e. The first kappa shape index (κ1) is 40.0. The van der Waals surface area contributed by atoms with Gasteiger partial charge in [-0.25, -0.2) is 9.80 Å². The van der Waals surface area contributed by atoms with Crippen LogP contribution in [0, 0.1) is 42.9 Å². The second-order valence-corrected chi connectivity index (χ2v) is 17.7. The van der Waals surface area contributed by atoms with Gasteiger partial charge in [-0.05, 0) is 104 Å². The molecule has 310 valence electrons. The summed E-state index contributed by atoms with van der Waals surface area (Å²) in [6, 6.07) is 12.5. The summed E-state index contributed by atoms with van der Waals surface area (Å²) in [5.74, 6) is -8.30. The standard InChI is InChI=1S/C43H33ClF6N4O5S/c1-18-11-20(5-9-31(18)55)35-25-7-8-26-34(39(58)53(37(26)56)24-13-21(42(45,46)47)12-22(14-24)43(48,49)50)28(25)16-29-38(57)54(40(59)41(29,35)3)33-17-30(51-52(33)4)36-19(2)27-15-23(44)6-10-32(27)60-36/h5-7,9-15,17,26,28-29,34-35,55H,8,16H2,1-4H3. The van der Waals surface area contributed by atoms with Crippen LogP contribution in [-0.2, 0) is 38.6 Å². The number of phenolic OH excluding ortho intramolecular Hbond substituents is 1. The molecular weight excluding hydrogens is 834 g/mol. The second-order valence-electron chi connectivity index (χ2n) is 16.2. The lowest BCUT2D eigenvalue weighted by atomic mass is 9.51. The molecule has 0 bridgehead atoms. The van der Waals surface area contributed by atoms with E-state index in [9.17, 15) is 45.8 Å². The number of phenols is 1. The predicted molar refractivity (Wildman–Crippen MR) is 210 cm³/mol. The molecule has 6 atom stereocenters. The average molecular weight is 867 g/mol. The van der Waals surface area contributed by atoms with E-state index in [1.807, 2.05) is 19.1 Å². The maximum Gasteiger partial charge on any atom is 0.416 e. The monoisotopic (exact) mass is 866 g/mol. The van der Waals surface area contributed by atoms with Crippen molar-refractivity contribution in [1.82, 2.24) is 9.78 Å².